The van der Waals surface area contributed by atoms with Gasteiger partial charge in [0, 0.05) is 59.8 Å². The molecule has 0 amide bonds. The molecule has 37 heavy (non-hydrogen) atoms. The molecule has 1 fully saturated rings. The molecule has 4 nitrogen and oxygen atoms in total. The van der Waals surface area contributed by atoms with Crippen LogP contribution < -0.4 is 0 Å². The van der Waals surface area contributed by atoms with Gasteiger partial charge in [-0.2, -0.15) is 0 Å². The molecule has 1 aliphatic carbocycles. The quantitative estimate of drug-likeness (QED) is 0.326. The normalized spacial score (nSPS) is 19.7. The number of nitrogens with zero attached hydrogens (tertiary/aromatic N) is 4. The van der Waals surface area contributed by atoms with Crippen molar-refractivity contribution >= 4 is 28.2 Å². The third-order valence-corrected chi connectivity index (χ3v) is 8.46. The Morgan fingerprint density at radius 3 is 2.76 bits per heavy atom. The van der Waals surface area contributed by atoms with Crippen LogP contribution in [-0.4, -0.2) is 45.4 Å². The fraction of sp³-hybridized carbons (Fsp3) is 0.419. The van der Waals surface area contributed by atoms with Gasteiger partial charge in [-0.3, -0.25) is 9.97 Å². The number of pyridine rings is 2. The van der Waals surface area contributed by atoms with Crippen molar-refractivity contribution in [3.05, 3.63) is 88.7 Å². The molecule has 2 aliphatic rings. The van der Waals surface area contributed by atoms with Crippen LogP contribution in [0, 0.1) is 5.82 Å². The van der Waals surface area contributed by atoms with E-state index in [1.807, 2.05) is 0 Å². The van der Waals surface area contributed by atoms with Crippen LogP contribution in [0.3, 0.4) is 0 Å². The van der Waals surface area contributed by atoms with Crippen LogP contribution in [-0.2, 0) is 12.8 Å². The van der Waals surface area contributed by atoms with E-state index in [4.69, 9.17) is 16.6 Å². The topological polar surface area (TPSA) is 32.3 Å². The summed E-state index contributed by atoms with van der Waals surface area (Å²) in [4.78, 5) is 14.2. The van der Waals surface area contributed by atoms with Crippen LogP contribution in [0.2, 0.25) is 5.02 Å². The fourth-order valence-electron chi connectivity index (χ4n) is 5.80. The summed E-state index contributed by atoms with van der Waals surface area (Å²) in [5.74, 6) is -0.0893. The molecule has 1 saturated heterocycles. The van der Waals surface area contributed by atoms with Crippen LogP contribution in [0.1, 0.15) is 68.0 Å². The second kappa shape index (κ2) is 10.8. The van der Waals surface area contributed by atoms with E-state index in [0.717, 1.165) is 89.5 Å². The molecule has 0 spiro atoms. The van der Waals surface area contributed by atoms with Crippen LogP contribution in [0.4, 0.5) is 4.39 Å². The van der Waals surface area contributed by atoms with Gasteiger partial charge in [0.15, 0.2) is 0 Å². The number of hydrogen-bond donors (Lipinski definition) is 0. The van der Waals surface area contributed by atoms with Gasteiger partial charge in [0.1, 0.15) is 5.82 Å². The summed E-state index contributed by atoms with van der Waals surface area (Å²) in [5.41, 5.74) is 7.32. The lowest BCUT2D eigenvalue weighted by atomic mass is 9.84. The maximum Gasteiger partial charge on any atom is 0.141 e. The van der Waals surface area contributed by atoms with Gasteiger partial charge in [0.05, 0.1) is 16.7 Å². The van der Waals surface area contributed by atoms with E-state index >= 15 is 0 Å². The molecule has 1 aromatic carbocycles. The van der Waals surface area contributed by atoms with Gasteiger partial charge in [-0.15, -0.1) is 0 Å². The van der Waals surface area contributed by atoms with E-state index < -0.39 is 0 Å². The molecule has 2 aromatic heterocycles. The molecule has 0 bridgehead atoms. The van der Waals surface area contributed by atoms with Crippen molar-refractivity contribution in [2.45, 2.75) is 64.3 Å². The molecule has 3 heterocycles. The van der Waals surface area contributed by atoms with E-state index in [9.17, 15) is 4.39 Å². The van der Waals surface area contributed by atoms with Crippen LogP contribution in [0.15, 0.2) is 55.4 Å². The number of hydrogen-bond acceptors (Lipinski definition) is 4. The number of allylic oxidation sites excluding steroid dienone is 1. The van der Waals surface area contributed by atoms with Crippen molar-refractivity contribution in [2.75, 3.05) is 19.6 Å². The lowest BCUT2D eigenvalue weighted by molar-refractivity contribution is 0.155. The van der Waals surface area contributed by atoms with Crippen LogP contribution in [0.5, 0.6) is 0 Å². The third-order valence-electron chi connectivity index (χ3n) is 8.03. The Hall–Kier alpha value is -2.92. The van der Waals surface area contributed by atoms with E-state index in [1.165, 1.54) is 30.8 Å². The zero-order valence-corrected chi connectivity index (χ0v) is 22.7. The Morgan fingerprint density at radius 2 is 2.03 bits per heavy atom. The van der Waals surface area contributed by atoms with E-state index in [0.29, 0.717) is 6.04 Å². The number of piperazine rings is 1. The molecule has 0 radical (unpaired) electrons. The predicted octanol–water partition coefficient (Wildman–Crippen LogP) is 7.38. The van der Waals surface area contributed by atoms with Gasteiger partial charge >= 0.3 is 0 Å². The highest BCUT2D eigenvalue weighted by Gasteiger charge is 2.27. The van der Waals surface area contributed by atoms with Crippen molar-refractivity contribution in [3.8, 4) is 0 Å². The molecule has 194 valence electrons. The molecule has 5 rings (SSSR count). The van der Waals surface area contributed by atoms with Crippen molar-refractivity contribution in [3.63, 3.8) is 0 Å². The second-order valence-electron chi connectivity index (χ2n) is 10.5. The smallest absolute Gasteiger partial charge is 0.141 e. The predicted molar refractivity (Wildman–Crippen MR) is 151 cm³/mol. The van der Waals surface area contributed by atoms with E-state index in [2.05, 4.69) is 60.0 Å². The molecule has 2 unspecified atom stereocenters. The lowest BCUT2D eigenvalue weighted by Crippen LogP contribution is -2.50. The van der Waals surface area contributed by atoms with Gasteiger partial charge in [0.25, 0.3) is 0 Å². The van der Waals surface area contributed by atoms with Gasteiger partial charge in [-0.05, 0) is 68.4 Å². The number of unbranched alkanes of at least 4 members (excludes halogenated alkanes) is 1. The molecule has 0 saturated carbocycles. The maximum absolute atomic E-state index is 13.4. The largest absolute Gasteiger partial charge is 0.371 e. The maximum atomic E-state index is 13.4. The molecule has 6 heteroatoms. The Labute approximate surface area is 224 Å². The number of aromatic nitrogens is 2. The van der Waals surface area contributed by atoms with Crippen LogP contribution in [0.25, 0.3) is 16.6 Å². The molecular weight excluding hydrogens is 483 g/mol. The molecule has 0 N–H and O–H groups in total. The highest BCUT2D eigenvalue weighted by Crippen LogP contribution is 2.38. The molecular formula is C31H36ClFN4. The Balaban J connectivity index is 1.36. The first kappa shape index (κ1) is 25.7. The molecule has 1 aliphatic heterocycles. The van der Waals surface area contributed by atoms with Crippen molar-refractivity contribution < 1.29 is 4.39 Å². The van der Waals surface area contributed by atoms with Crippen molar-refractivity contribution in [1.82, 2.24) is 19.8 Å². The van der Waals surface area contributed by atoms with Gasteiger partial charge in [-0.25, -0.2) is 4.39 Å². The second-order valence-corrected chi connectivity index (χ2v) is 10.9. The average molecular weight is 519 g/mol. The van der Waals surface area contributed by atoms with Gasteiger partial charge in [-0.1, -0.05) is 50.2 Å². The number of benzene rings is 1. The summed E-state index contributed by atoms with van der Waals surface area (Å²) in [5, 5.41) is 1.79. The standard InChI is InChI=1S/C31H36ClFN4/c1-5-6-7-20(2)36-14-15-37(21(3)19-36)22(4)23-8-11-26-29(16-23)35-30-17-24(9-12-27(30)31(26)32)28-13-10-25(33)18-34-28/h8,10-11,13,16,18,21,24H,2,4-7,9,12,14-15,17,19H2,1,3H3. The molecule has 2 atom stereocenters. The summed E-state index contributed by atoms with van der Waals surface area (Å²) in [6.45, 7) is 16.2. The minimum absolute atomic E-state index is 0.219. The first-order chi connectivity index (χ1) is 17.9. The third kappa shape index (κ3) is 5.24. The highest BCUT2D eigenvalue weighted by molar-refractivity contribution is 6.36. The first-order valence-corrected chi connectivity index (χ1v) is 13.8. The SMILES string of the molecule is C=C(CCCC)N1CCN(C(=C)c2ccc3c(Cl)c4c(nc3c2)CC(c2ccc(F)cn2)CC4)C(C)C1. The zero-order valence-electron chi connectivity index (χ0n) is 21.9. The first-order valence-electron chi connectivity index (χ1n) is 13.5. The minimum atomic E-state index is -0.308. The lowest BCUT2D eigenvalue weighted by Gasteiger charge is -2.44. The summed E-state index contributed by atoms with van der Waals surface area (Å²) >= 11 is 6.91. The number of halogens is 2. The summed E-state index contributed by atoms with van der Waals surface area (Å²) in [7, 11) is 0. The van der Waals surface area contributed by atoms with E-state index in [1.54, 1.807) is 6.07 Å². The minimum Gasteiger partial charge on any atom is -0.371 e. The number of fused-ring (bicyclic) bond motifs is 2. The summed E-state index contributed by atoms with van der Waals surface area (Å²) < 4.78 is 13.4. The monoisotopic (exact) mass is 518 g/mol. The Bertz CT molecular complexity index is 1320. The van der Waals surface area contributed by atoms with Crippen LogP contribution >= 0.6 is 11.6 Å². The number of rotatable bonds is 7. The fourth-order valence-corrected chi connectivity index (χ4v) is 6.16. The van der Waals surface area contributed by atoms with Gasteiger partial charge in [0.2, 0.25) is 0 Å². The summed E-state index contributed by atoms with van der Waals surface area (Å²) in [6.07, 6.45) is 7.30. The van der Waals surface area contributed by atoms with Crippen molar-refractivity contribution in [1.29, 1.82) is 0 Å². The highest BCUT2D eigenvalue weighted by atomic mass is 35.5. The summed E-state index contributed by atoms with van der Waals surface area (Å²) in [6, 6.07) is 9.96. The Kier molecular flexibility index (Phi) is 7.52. The Morgan fingerprint density at radius 1 is 1.19 bits per heavy atom. The van der Waals surface area contributed by atoms with E-state index in [-0.39, 0.29) is 11.7 Å². The average Bonchev–Trinajstić information content (AvgIpc) is 2.91. The zero-order chi connectivity index (χ0) is 26.1. The molecule has 3 aromatic rings. The van der Waals surface area contributed by atoms with Gasteiger partial charge < -0.3 is 9.80 Å². The van der Waals surface area contributed by atoms with Crippen molar-refractivity contribution in [2.24, 2.45) is 0 Å².